The summed E-state index contributed by atoms with van der Waals surface area (Å²) in [5, 5.41) is 0.736. The molecule has 2 rings (SSSR count). The first-order chi connectivity index (χ1) is 9.94. The highest BCUT2D eigenvalue weighted by atomic mass is 32.2. The lowest BCUT2D eigenvalue weighted by Crippen LogP contribution is -2.13. The van der Waals surface area contributed by atoms with E-state index in [-0.39, 0.29) is 9.86 Å². The van der Waals surface area contributed by atoms with Crippen molar-refractivity contribution in [3.8, 4) is 11.4 Å². The Bertz CT molecular complexity index is 612. The molecule has 2 heterocycles. The number of thioether (sulfide) groups is 2. The maximum Gasteiger partial charge on any atom is 0.199 e. The number of aromatic nitrogens is 3. The summed E-state index contributed by atoms with van der Waals surface area (Å²) in [5.74, 6) is 0.369. The van der Waals surface area contributed by atoms with Crippen LogP contribution in [0, 0.1) is 0 Å². The smallest absolute Gasteiger partial charge is 0.199 e. The van der Waals surface area contributed by atoms with Crippen molar-refractivity contribution in [3.63, 3.8) is 0 Å². The van der Waals surface area contributed by atoms with Crippen LogP contribution >= 0.6 is 23.5 Å². The van der Waals surface area contributed by atoms with Crippen molar-refractivity contribution in [1.82, 2.24) is 15.0 Å². The van der Waals surface area contributed by atoms with Gasteiger partial charge in [0, 0.05) is 17.1 Å². The van der Waals surface area contributed by atoms with Gasteiger partial charge in [-0.05, 0) is 18.2 Å². The minimum atomic E-state index is -0.0612. The molecule has 0 radical (unpaired) electrons. The maximum absolute atomic E-state index is 11.9. The molecule has 0 aliphatic rings. The fraction of sp³-hybridized carbons (Fsp3) is 0.333. The van der Waals surface area contributed by atoms with Gasteiger partial charge >= 0.3 is 0 Å². The summed E-state index contributed by atoms with van der Waals surface area (Å²) < 4.78 is -0.0612. The fourth-order valence-electron chi connectivity index (χ4n) is 1.56. The molecule has 2 aromatic heterocycles. The molecule has 0 aliphatic carbocycles. The van der Waals surface area contributed by atoms with Gasteiger partial charge in [-0.25, -0.2) is 9.97 Å². The Labute approximate surface area is 133 Å². The first-order valence-electron chi connectivity index (χ1n) is 6.53. The van der Waals surface area contributed by atoms with Crippen LogP contribution in [-0.4, -0.2) is 30.6 Å². The van der Waals surface area contributed by atoms with Crippen molar-refractivity contribution >= 4 is 28.6 Å². The summed E-state index contributed by atoms with van der Waals surface area (Å²) in [6.07, 6.45) is 3.43. The van der Waals surface area contributed by atoms with Crippen LogP contribution in [0.2, 0.25) is 0 Å². The Morgan fingerprint density at radius 3 is 2.57 bits per heavy atom. The number of pyridine rings is 1. The minimum Gasteiger partial charge on any atom is -0.286 e. The second-order valence-corrected chi connectivity index (χ2v) is 8.14. The summed E-state index contributed by atoms with van der Waals surface area (Å²) >= 11 is 2.71. The van der Waals surface area contributed by atoms with Gasteiger partial charge in [-0.15, -0.1) is 0 Å². The van der Waals surface area contributed by atoms with Crippen LogP contribution in [0.1, 0.15) is 20.8 Å². The number of carbonyl (C=O) groups excluding carboxylic acids is 1. The van der Waals surface area contributed by atoms with E-state index in [1.54, 1.807) is 12.4 Å². The monoisotopic (exact) mass is 319 g/mol. The Morgan fingerprint density at radius 1 is 1.10 bits per heavy atom. The summed E-state index contributed by atoms with van der Waals surface area (Å²) in [5.41, 5.74) is 1.57. The second kappa shape index (κ2) is 7.04. The van der Waals surface area contributed by atoms with E-state index < -0.39 is 0 Å². The fourth-order valence-corrected chi connectivity index (χ4v) is 3.20. The molecule has 0 saturated heterocycles. The van der Waals surface area contributed by atoms with Gasteiger partial charge in [-0.3, -0.25) is 9.78 Å². The first kappa shape index (κ1) is 16.0. The van der Waals surface area contributed by atoms with E-state index in [4.69, 9.17) is 0 Å². The van der Waals surface area contributed by atoms with E-state index in [2.05, 4.69) is 15.0 Å². The lowest BCUT2D eigenvalue weighted by atomic mass is 10.3. The molecule has 0 N–H and O–H groups in total. The third-order valence-electron chi connectivity index (χ3n) is 2.30. The van der Waals surface area contributed by atoms with E-state index in [9.17, 15) is 4.79 Å². The summed E-state index contributed by atoms with van der Waals surface area (Å²) in [7, 11) is 0. The molecular formula is C15H17N3OS2. The van der Waals surface area contributed by atoms with Gasteiger partial charge in [0.15, 0.2) is 10.3 Å². The number of rotatable bonds is 4. The first-order valence-corrected chi connectivity index (χ1v) is 8.33. The van der Waals surface area contributed by atoms with E-state index in [1.807, 2.05) is 45.0 Å². The van der Waals surface area contributed by atoms with Crippen molar-refractivity contribution < 1.29 is 4.79 Å². The molecule has 0 fully saturated rings. The summed E-state index contributed by atoms with van der Waals surface area (Å²) in [4.78, 5) is 24.8. The highest BCUT2D eigenvalue weighted by Gasteiger charge is 2.17. The molecule has 0 bridgehead atoms. The van der Waals surface area contributed by atoms with Gasteiger partial charge in [0.1, 0.15) is 0 Å². The Kier molecular flexibility index (Phi) is 5.36. The van der Waals surface area contributed by atoms with Gasteiger partial charge in [0.25, 0.3) is 0 Å². The SMILES string of the molecule is CC(C)(C)SC(=O)CSc1nccc(-c2ccccn2)n1. The molecule has 0 atom stereocenters. The normalized spacial score (nSPS) is 11.4. The van der Waals surface area contributed by atoms with Crippen LogP contribution in [0.4, 0.5) is 0 Å². The van der Waals surface area contributed by atoms with E-state index in [1.165, 1.54) is 23.5 Å². The second-order valence-electron chi connectivity index (χ2n) is 5.31. The quantitative estimate of drug-likeness (QED) is 0.633. The predicted octanol–water partition coefficient (Wildman–Crippen LogP) is 3.69. The molecule has 0 aliphatic heterocycles. The third kappa shape index (κ3) is 5.47. The van der Waals surface area contributed by atoms with Crippen molar-refractivity contribution in [2.75, 3.05) is 5.75 Å². The average Bonchev–Trinajstić information content (AvgIpc) is 2.45. The molecule has 0 spiro atoms. The topological polar surface area (TPSA) is 55.7 Å². The van der Waals surface area contributed by atoms with Crippen molar-refractivity contribution in [2.45, 2.75) is 30.7 Å². The van der Waals surface area contributed by atoms with Crippen LogP contribution in [0.3, 0.4) is 0 Å². The highest BCUT2D eigenvalue weighted by molar-refractivity contribution is 8.16. The van der Waals surface area contributed by atoms with Crippen molar-refractivity contribution in [1.29, 1.82) is 0 Å². The number of carbonyl (C=O) groups is 1. The van der Waals surface area contributed by atoms with Gasteiger partial charge < -0.3 is 0 Å². The molecule has 0 amide bonds. The van der Waals surface area contributed by atoms with E-state index >= 15 is 0 Å². The van der Waals surface area contributed by atoms with E-state index in [0.717, 1.165) is 11.4 Å². The van der Waals surface area contributed by atoms with Gasteiger partial charge in [0.05, 0.1) is 17.1 Å². The van der Waals surface area contributed by atoms with Gasteiger partial charge in [0.2, 0.25) is 0 Å². The van der Waals surface area contributed by atoms with Crippen LogP contribution in [0.25, 0.3) is 11.4 Å². The Balaban J connectivity index is 2.01. The molecular weight excluding hydrogens is 302 g/mol. The molecule has 0 aromatic carbocycles. The Morgan fingerprint density at radius 2 is 1.90 bits per heavy atom. The predicted molar refractivity (Wildman–Crippen MR) is 88.3 cm³/mol. The number of nitrogens with zero attached hydrogens (tertiary/aromatic N) is 3. The molecule has 6 heteroatoms. The largest absolute Gasteiger partial charge is 0.286 e. The summed E-state index contributed by atoms with van der Waals surface area (Å²) in [6, 6.07) is 7.50. The minimum absolute atomic E-state index is 0.0612. The molecule has 4 nitrogen and oxygen atoms in total. The zero-order chi connectivity index (χ0) is 15.3. The van der Waals surface area contributed by atoms with Gasteiger partial charge in [-0.2, -0.15) is 0 Å². The molecule has 21 heavy (non-hydrogen) atoms. The lowest BCUT2D eigenvalue weighted by molar-refractivity contribution is -0.108. The van der Waals surface area contributed by atoms with Crippen LogP contribution in [0.5, 0.6) is 0 Å². The molecule has 0 unspecified atom stereocenters. The molecule has 0 saturated carbocycles. The Hall–Kier alpha value is -1.40. The average molecular weight is 319 g/mol. The van der Waals surface area contributed by atoms with Crippen LogP contribution < -0.4 is 0 Å². The maximum atomic E-state index is 11.9. The molecule has 110 valence electrons. The standard InChI is InChI=1S/C15H17N3OS2/c1-15(2,3)21-13(19)10-20-14-17-9-7-12(18-14)11-6-4-5-8-16-11/h4-9H,10H2,1-3H3. The van der Waals surface area contributed by atoms with E-state index in [0.29, 0.717) is 10.9 Å². The molecule has 2 aromatic rings. The van der Waals surface area contributed by atoms with Gasteiger partial charge in [-0.1, -0.05) is 50.4 Å². The lowest BCUT2D eigenvalue weighted by Gasteiger charge is -2.15. The van der Waals surface area contributed by atoms with Crippen molar-refractivity contribution in [2.24, 2.45) is 0 Å². The third-order valence-corrected chi connectivity index (χ3v) is 4.33. The number of hydrogen-bond donors (Lipinski definition) is 0. The van der Waals surface area contributed by atoms with Crippen LogP contribution in [-0.2, 0) is 4.79 Å². The highest BCUT2D eigenvalue weighted by Crippen LogP contribution is 2.27. The van der Waals surface area contributed by atoms with Crippen LogP contribution in [0.15, 0.2) is 41.8 Å². The van der Waals surface area contributed by atoms with Crippen molar-refractivity contribution in [3.05, 3.63) is 36.7 Å². The zero-order valence-electron chi connectivity index (χ0n) is 12.2. The number of hydrogen-bond acceptors (Lipinski definition) is 6. The zero-order valence-corrected chi connectivity index (χ0v) is 13.9. The summed E-state index contributed by atoms with van der Waals surface area (Å²) in [6.45, 7) is 6.08.